The summed E-state index contributed by atoms with van der Waals surface area (Å²) in [5, 5.41) is 7.38. The third-order valence-corrected chi connectivity index (χ3v) is 2.65. The van der Waals surface area contributed by atoms with Gasteiger partial charge in [-0.3, -0.25) is 9.59 Å². The highest BCUT2D eigenvalue weighted by Crippen LogP contribution is 2.31. The first-order chi connectivity index (χ1) is 9.79. The first-order valence-electron chi connectivity index (χ1n) is 6.23. The molecule has 21 heavy (non-hydrogen) atoms. The summed E-state index contributed by atoms with van der Waals surface area (Å²) in [6.45, 7) is 1.89. The van der Waals surface area contributed by atoms with Gasteiger partial charge in [0.1, 0.15) is 0 Å². The summed E-state index contributed by atoms with van der Waals surface area (Å²) in [7, 11) is 1.39. The molecule has 1 rings (SSSR count). The van der Waals surface area contributed by atoms with Crippen molar-refractivity contribution in [1.29, 1.82) is 0 Å². The molecule has 0 fully saturated rings. The van der Waals surface area contributed by atoms with Crippen molar-refractivity contribution >= 4 is 17.5 Å². The maximum Gasteiger partial charge on any atom is 0.416 e. The predicted octanol–water partition coefficient (Wildman–Crippen LogP) is 1.61. The van der Waals surface area contributed by atoms with E-state index in [1.807, 2.05) is 0 Å². The summed E-state index contributed by atoms with van der Waals surface area (Å²) in [5.41, 5.74) is -0.801. The highest BCUT2D eigenvalue weighted by Gasteiger charge is 2.31. The van der Waals surface area contributed by atoms with Crippen molar-refractivity contribution in [3.05, 3.63) is 29.3 Å². The van der Waals surface area contributed by atoms with Gasteiger partial charge in [-0.05, 0) is 25.1 Å². The van der Waals surface area contributed by atoms with Crippen LogP contribution in [0.3, 0.4) is 0 Å². The van der Waals surface area contributed by atoms with E-state index >= 15 is 0 Å². The number of carbonyl (C=O) groups is 2. The highest BCUT2D eigenvalue weighted by molar-refractivity contribution is 6.01. The first-order valence-corrected chi connectivity index (χ1v) is 6.23. The largest absolute Gasteiger partial charge is 0.416 e. The molecule has 0 radical (unpaired) electrons. The molecule has 0 aliphatic rings. The van der Waals surface area contributed by atoms with Gasteiger partial charge in [0.15, 0.2) is 0 Å². The lowest BCUT2D eigenvalue weighted by atomic mass is 10.1. The van der Waals surface area contributed by atoms with Gasteiger partial charge in [-0.2, -0.15) is 13.2 Å². The van der Waals surface area contributed by atoms with E-state index in [1.54, 1.807) is 6.92 Å². The number of amides is 2. The number of halogens is 3. The van der Waals surface area contributed by atoms with Crippen LogP contribution < -0.4 is 16.0 Å². The van der Waals surface area contributed by atoms with Crippen LogP contribution in [0.4, 0.5) is 18.9 Å². The summed E-state index contributed by atoms with van der Waals surface area (Å²) < 4.78 is 38.1. The van der Waals surface area contributed by atoms with Crippen molar-refractivity contribution in [1.82, 2.24) is 10.6 Å². The van der Waals surface area contributed by atoms with Gasteiger partial charge in [-0.1, -0.05) is 0 Å². The van der Waals surface area contributed by atoms with Gasteiger partial charge >= 0.3 is 6.18 Å². The topological polar surface area (TPSA) is 70.2 Å². The van der Waals surface area contributed by atoms with Crippen LogP contribution in [0.25, 0.3) is 0 Å². The summed E-state index contributed by atoms with van der Waals surface area (Å²) in [4.78, 5) is 23.0. The summed E-state index contributed by atoms with van der Waals surface area (Å²) in [6, 6.07) is 2.85. The highest BCUT2D eigenvalue weighted by atomic mass is 19.4. The van der Waals surface area contributed by atoms with Gasteiger partial charge in [0.25, 0.3) is 5.91 Å². The number of hydrogen-bond donors (Lipinski definition) is 3. The Morgan fingerprint density at radius 1 is 1.24 bits per heavy atom. The molecule has 0 saturated carbocycles. The van der Waals surface area contributed by atoms with E-state index in [-0.39, 0.29) is 17.8 Å². The summed E-state index contributed by atoms with van der Waals surface area (Å²) in [5.74, 6) is -1.19. The van der Waals surface area contributed by atoms with Gasteiger partial charge in [0.2, 0.25) is 5.91 Å². The van der Waals surface area contributed by atoms with E-state index in [9.17, 15) is 22.8 Å². The number of alkyl halides is 3. The Hall–Kier alpha value is -2.25. The molecule has 1 aromatic rings. The molecular weight excluding hydrogens is 287 g/mol. The number of anilines is 1. The standard InChI is InChI=1S/C13H16F3N3O2/c1-3-18-10-5-4-8(13(14,15)16)6-9(10)12(21)19-7-11(20)17-2/h4-6,18H,3,7H2,1-2H3,(H,17,20)(H,19,21). The quantitative estimate of drug-likeness (QED) is 0.774. The Bertz CT molecular complexity index is 530. The molecule has 0 aliphatic carbocycles. The second kappa shape index (κ2) is 6.96. The Balaban J connectivity index is 3.05. The monoisotopic (exact) mass is 303 g/mol. The van der Waals surface area contributed by atoms with Crippen molar-refractivity contribution in [3.8, 4) is 0 Å². The Morgan fingerprint density at radius 3 is 2.43 bits per heavy atom. The van der Waals surface area contributed by atoms with Crippen molar-refractivity contribution in [2.75, 3.05) is 25.5 Å². The zero-order valence-electron chi connectivity index (χ0n) is 11.6. The van der Waals surface area contributed by atoms with Crippen LogP contribution in [0, 0.1) is 0 Å². The molecule has 0 saturated heterocycles. The fourth-order valence-electron chi connectivity index (χ4n) is 1.60. The SMILES string of the molecule is CCNc1ccc(C(F)(F)F)cc1C(=O)NCC(=O)NC. The average Bonchev–Trinajstić information content (AvgIpc) is 2.43. The minimum absolute atomic E-state index is 0.157. The second-order valence-electron chi connectivity index (χ2n) is 4.14. The molecule has 0 unspecified atom stereocenters. The van der Waals surface area contributed by atoms with Gasteiger partial charge in [-0.25, -0.2) is 0 Å². The van der Waals surface area contributed by atoms with Gasteiger partial charge < -0.3 is 16.0 Å². The summed E-state index contributed by atoms with van der Waals surface area (Å²) >= 11 is 0. The summed E-state index contributed by atoms with van der Waals surface area (Å²) in [6.07, 6.45) is -4.54. The molecule has 0 aromatic heterocycles. The van der Waals surface area contributed by atoms with Gasteiger partial charge in [0, 0.05) is 19.3 Å². The average molecular weight is 303 g/mol. The van der Waals surface area contributed by atoms with E-state index in [2.05, 4.69) is 16.0 Å². The van der Waals surface area contributed by atoms with Crippen LogP contribution in [0.2, 0.25) is 0 Å². The minimum Gasteiger partial charge on any atom is -0.385 e. The lowest BCUT2D eigenvalue weighted by Gasteiger charge is -2.14. The molecule has 1 aromatic carbocycles. The molecule has 8 heteroatoms. The molecule has 2 amide bonds. The molecule has 0 heterocycles. The van der Waals surface area contributed by atoms with Gasteiger partial charge in [0.05, 0.1) is 17.7 Å². The van der Waals surface area contributed by atoms with E-state index in [0.29, 0.717) is 6.54 Å². The van der Waals surface area contributed by atoms with Crippen LogP contribution in [-0.4, -0.2) is 32.0 Å². The molecule has 0 bridgehead atoms. The lowest BCUT2D eigenvalue weighted by molar-refractivity contribution is -0.137. The maximum atomic E-state index is 12.7. The molecule has 3 N–H and O–H groups in total. The van der Waals surface area contributed by atoms with E-state index in [1.165, 1.54) is 13.1 Å². The van der Waals surface area contributed by atoms with Crippen LogP contribution in [0.5, 0.6) is 0 Å². The Labute approximate surface area is 119 Å². The minimum atomic E-state index is -4.54. The number of hydrogen-bond acceptors (Lipinski definition) is 3. The molecule has 0 atom stereocenters. The van der Waals surface area contributed by atoms with Crippen LogP contribution in [0.1, 0.15) is 22.8 Å². The van der Waals surface area contributed by atoms with E-state index in [0.717, 1.165) is 12.1 Å². The van der Waals surface area contributed by atoms with Crippen molar-refractivity contribution < 1.29 is 22.8 Å². The Morgan fingerprint density at radius 2 is 1.90 bits per heavy atom. The smallest absolute Gasteiger partial charge is 0.385 e. The molecule has 0 spiro atoms. The number of likely N-dealkylation sites (N-methyl/N-ethyl adjacent to an activating group) is 1. The normalized spacial score (nSPS) is 10.9. The fraction of sp³-hybridized carbons (Fsp3) is 0.385. The van der Waals surface area contributed by atoms with Crippen LogP contribution >= 0.6 is 0 Å². The zero-order chi connectivity index (χ0) is 16.0. The van der Waals surface area contributed by atoms with Crippen LogP contribution in [-0.2, 0) is 11.0 Å². The second-order valence-corrected chi connectivity index (χ2v) is 4.14. The van der Waals surface area contributed by atoms with E-state index in [4.69, 9.17) is 0 Å². The van der Waals surface area contributed by atoms with E-state index < -0.39 is 23.6 Å². The maximum absolute atomic E-state index is 12.7. The zero-order valence-corrected chi connectivity index (χ0v) is 11.6. The molecular formula is C13H16F3N3O2. The van der Waals surface area contributed by atoms with Crippen LogP contribution in [0.15, 0.2) is 18.2 Å². The first kappa shape index (κ1) is 16.8. The van der Waals surface area contributed by atoms with Crippen molar-refractivity contribution in [2.24, 2.45) is 0 Å². The molecule has 116 valence electrons. The predicted molar refractivity (Wildman–Crippen MR) is 72.0 cm³/mol. The van der Waals surface area contributed by atoms with Crippen molar-refractivity contribution in [2.45, 2.75) is 13.1 Å². The molecule has 5 nitrogen and oxygen atoms in total. The van der Waals surface area contributed by atoms with Gasteiger partial charge in [-0.15, -0.1) is 0 Å². The lowest BCUT2D eigenvalue weighted by Crippen LogP contribution is -2.35. The molecule has 0 aliphatic heterocycles. The Kier molecular flexibility index (Phi) is 5.57. The van der Waals surface area contributed by atoms with Crippen molar-refractivity contribution in [3.63, 3.8) is 0 Å². The fourth-order valence-corrected chi connectivity index (χ4v) is 1.60. The number of carbonyl (C=O) groups excluding carboxylic acids is 2. The number of rotatable bonds is 5. The third kappa shape index (κ3) is 4.66. The number of benzene rings is 1. The third-order valence-electron chi connectivity index (χ3n) is 2.65. The number of nitrogens with one attached hydrogen (secondary N) is 3.